The van der Waals surface area contributed by atoms with E-state index >= 15 is 0 Å². The van der Waals surface area contributed by atoms with E-state index in [1.807, 2.05) is 0 Å². The van der Waals surface area contributed by atoms with Crippen molar-refractivity contribution in [2.24, 2.45) is 0 Å². The fraction of sp³-hybridized carbons (Fsp3) is 0.200. The summed E-state index contributed by atoms with van der Waals surface area (Å²) in [5.74, 6) is 0.347. The lowest BCUT2D eigenvalue weighted by molar-refractivity contribution is -0.131. The Morgan fingerprint density at radius 2 is 1.93 bits per heavy atom. The summed E-state index contributed by atoms with van der Waals surface area (Å²) >= 11 is 0. The lowest BCUT2D eigenvalue weighted by Gasteiger charge is -2.05. The molecule has 1 aromatic rings. The van der Waals surface area contributed by atoms with Crippen molar-refractivity contribution in [3.63, 3.8) is 0 Å². The van der Waals surface area contributed by atoms with Crippen molar-refractivity contribution < 1.29 is 19.1 Å². The maximum absolute atomic E-state index is 10.7. The van der Waals surface area contributed by atoms with Gasteiger partial charge in [0, 0.05) is 18.6 Å². The fourth-order valence-electron chi connectivity index (χ4n) is 1.00. The second-order valence-corrected chi connectivity index (χ2v) is 2.65. The summed E-state index contributed by atoms with van der Waals surface area (Å²) in [5.41, 5.74) is 0.403. The smallest absolute Gasteiger partial charge is 0.308 e. The highest BCUT2D eigenvalue weighted by atomic mass is 16.5. The molecule has 0 spiro atoms. The number of carbonyl (C=O) groups excluding carboxylic acids is 2. The number of esters is 1. The largest absolute Gasteiger partial charge is 0.497 e. The van der Waals surface area contributed by atoms with E-state index in [4.69, 9.17) is 9.47 Å². The molecule has 0 aromatic heterocycles. The summed E-state index contributed by atoms with van der Waals surface area (Å²) < 4.78 is 9.75. The number of benzene rings is 1. The Bertz CT molecular complexity index is 357. The van der Waals surface area contributed by atoms with Crippen molar-refractivity contribution in [2.75, 3.05) is 7.11 Å². The van der Waals surface area contributed by atoms with Crippen LogP contribution >= 0.6 is 0 Å². The molecule has 0 amide bonds. The van der Waals surface area contributed by atoms with Crippen LogP contribution in [0, 0.1) is 0 Å². The average molecular weight is 194 g/mol. The fourth-order valence-corrected chi connectivity index (χ4v) is 1.00. The molecule has 74 valence electrons. The summed E-state index contributed by atoms with van der Waals surface area (Å²) in [6.07, 6.45) is 0.662. The molecule has 0 radical (unpaired) electrons. The number of hydrogen-bond donors (Lipinski definition) is 0. The first-order valence-electron chi connectivity index (χ1n) is 3.98. The summed E-state index contributed by atoms with van der Waals surface area (Å²) in [6.45, 7) is 1.29. The minimum atomic E-state index is -0.435. The van der Waals surface area contributed by atoms with Gasteiger partial charge in [-0.05, 0) is 12.1 Å². The van der Waals surface area contributed by atoms with Crippen LogP contribution in [-0.4, -0.2) is 19.4 Å². The molecule has 1 rings (SSSR count). The topological polar surface area (TPSA) is 52.6 Å². The normalized spacial score (nSPS) is 9.29. The number of rotatable bonds is 3. The molecular formula is C10H10O4. The first kappa shape index (κ1) is 10.2. The molecule has 0 fully saturated rings. The standard InChI is InChI=1S/C10H10O4/c1-7(12)14-10-4-8(6-11)3-9(5-10)13-2/h3-6H,1-2H3. The van der Waals surface area contributed by atoms with Crippen LogP contribution < -0.4 is 9.47 Å². The minimum Gasteiger partial charge on any atom is -0.497 e. The van der Waals surface area contributed by atoms with E-state index in [0.717, 1.165) is 0 Å². The zero-order valence-electron chi connectivity index (χ0n) is 7.94. The van der Waals surface area contributed by atoms with Gasteiger partial charge < -0.3 is 9.47 Å². The molecular weight excluding hydrogens is 184 g/mol. The van der Waals surface area contributed by atoms with Crippen molar-refractivity contribution in [1.29, 1.82) is 0 Å². The Morgan fingerprint density at radius 3 is 2.43 bits per heavy atom. The lowest BCUT2D eigenvalue weighted by atomic mass is 10.2. The number of methoxy groups -OCH3 is 1. The Balaban J connectivity index is 3.03. The number of carbonyl (C=O) groups is 2. The third-order valence-electron chi connectivity index (χ3n) is 1.54. The van der Waals surface area contributed by atoms with Crippen molar-refractivity contribution >= 4 is 12.3 Å². The van der Waals surface area contributed by atoms with E-state index in [1.54, 1.807) is 6.07 Å². The Morgan fingerprint density at radius 1 is 1.29 bits per heavy atom. The average Bonchev–Trinajstić information content (AvgIpc) is 2.16. The van der Waals surface area contributed by atoms with Crippen LogP contribution in [0.4, 0.5) is 0 Å². The summed E-state index contributed by atoms with van der Waals surface area (Å²) in [7, 11) is 1.47. The molecule has 0 unspecified atom stereocenters. The molecule has 0 aliphatic rings. The van der Waals surface area contributed by atoms with Gasteiger partial charge >= 0.3 is 5.97 Å². The van der Waals surface area contributed by atoms with Crippen LogP contribution in [0.15, 0.2) is 18.2 Å². The maximum atomic E-state index is 10.7. The van der Waals surface area contributed by atoms with Crippen molar-refractivity contribution in [2.45, 2.75) is 6.92 Å². The quantitative estimate of drug-likeness (QED) is 0.415. The van der Waals surface area contributed by atoms with E-state index in [2.05, 4.69) is 0 Å². The Hall–Kier alpha value is -1.84. The minimum absolute atomic E-state index is 0.305. The van der Waals surface area contributed by atoms with Crippen LogP contribution in [0.1, 0.15) is 17.3 Å². The van der Waals surface area contributed by atoms with Crippen LogP contribution in [0.2, 0.25) is 0 Å². The summed E-state index contributed by atoms with van der Waals surface area (Å²) in [5, 5.41) is 0. The van der Waals surface area contributed by atoms with Gasteiger partial charge in [-0.3, -0.25) is 9.59 Å². The molecule has 4 heteroatoms. The van der Waals surface area contributed by atoms with Crippen LogP contribution in [0.5, 0.6) is 11.5 Å². The Kier molecular flexibility index (Phi) is 3.23. The first-order chi connectivity index (χ1) is 6.65. The molecule has 0 aliphatic carbocycles. The Labute approximate surface area is 81.4 Å². The van der Waals surface area contributed by atoms with Gasteiger partial charge in [0.25, 0.3) is 0 Å². The number of aldehydes is 1. The second kappa shape index (κ2) is 4.41. The van der Waals surface area contributed by atoms with Crippen LogP contribution in [-0.2, 0) is 4.79 Å². The van der Waals surface area contributed by atoms with Gasteiger partial charge in [-0.2, -0.15) is 0 Å². The second-order valence-electron chi connectivity index (χ2n) is 2.65. The zero-order chi connectivity index (χ0) is 10.6. The highest BCUT2D eigenvalue weighted by Crippen LogP contribution is 2.21. The SMILES string of the molecule is COc1cc(C=O)cc(OC(C)=O)c1. The van der Waals surface area contributed by atoms with E-state index in [-0.39, 0.29) is 0 Å². The molecule has 0 N–H and O–H groups in total. The molecule has 0 saturated heterocycles. The zero-order valence-corrected chi connectivity index (χ0v) is 7.94. The van der Waals surface area contributed by atoms with Gasteiger partial charge in [0.2, 0.25) is 0 Å². The molecule has 0 atom stereocenters. The molecule has 1 aromatic carbocycles. The molecule has 0 saturated carbocycles. The third-order valence-corrected chi connectivity index (χ3v) is 1.54. The van der Waals surface area contributed by atoms with Gasteiger partial charge in [-0.15, -0.1) is 0 Å². The lowest BCUT2D eigenvalue weighted by Crippen LogP contribution is -2.02. The van der Waals surface area contributed by atoms with E-state index in [1.165, 1.54) is 26.2 Å². The van der Waals surface area contributed by atoms with Gasteiger partial charge in [0.05, 0.1) is 7.11 Å². The molecule has 0 heterocycles. The predicted octanol–water partition coefficient (Wildman–Crippen LogP) is 1.43. The van der Waals surface area contributed by atoms with Crippen LogP contribution in [0.25, 0.3) is 0 Å². The van der Waals surface area contributed by atoms with Crippen molar-refractivity contribution in [3.05, 3.63) is 23.8 Å². The van der Waals surface area contributed by atoms with Gasteiger partial charge in [-0.25, -0.2) is 0 Å². The monoisotopic (exact) mass is 194 g/mol. The third kappa shape index (κ3) is 2.58. The summed E-state index contributed by atoms with van der Waals surface area (Å²) in [4.78, 5) is 21.2. The molecule has 0 aliphatic heterocycles. The van der Waals surface area contributed by atoms with E-state index < -0.39 is 5.97 Å². The van der Waals surface area contributed by atoms with Crippen LogP contribution in [0.3, 0.4) is 0 Å². The van der Waals surface area contributed by atoms with E-state index in [0.29, 0.717) is 23.3 Å². The number of hydrogen-bond acceptors (Lipinski definition) is 4. The van der Waals surface area contributed by atoms with Gasteiger partial charge in [0.1, 0.15) is 17.8 Å². The highest BCUT2D eigenvalue weighted by molar-refractivity contribution is 5.77. The summed E-state index contributed by atoms with van der Waals surface area (Å²) in [6, 6.07) is 4.56. The first-order valence-corrected chi connectivity index (χ1v) is 3.98. The van der Waals surface area contributed by atoms with Crippen molar-refractivity contribution in [3.8, 4) is 11.5 Å². The van der Waals surface area contributed by atoms with Gasteiger partial charge in [0.15, 0.2) is 0 Å². The highest BCUT2D eigenvalue weighted by Gasteiger charge is 2.03. The maximum Gasteiger partial charge on any atom is 0.308 e. The van der Waals surface area contributed by atoms with Gasteiger partial charge in [-0.1, -0.05) is 0 Å². The molecule has 14 heavy (non-hydrogen) atoms. The molecule has 4 nitrogen and oxygen atoms in total. The predicted molar refractivity (Wildman–Crippen MR) is 49.7 cm³/mol. The van der Waals surface area contributed by atoms with E-state index in [9.17, 15) is 9.59 Å². The molecule has 0 bridgehead atoms. The van der Waals surface area contributed by atoms with Crippen molar-refractivity contribution in [1.82, 2.24) is 0 Å². The number of ether oxygens (including phenoxy) is 2.